The summed E-state index contributed by atoms with van der Waals surface area (Å²) >= 11 is 0. The van der Waals surface area contributed by atoms with E-state index in [-0.39, 0.29) is 24.1 Å². The van der Waals surface area contributed by atoms with E-state index in [0.29, 0.717) is 19.0 Å². The highest BCUT2D eigenvalue weighted by molar-refractivity contribution is 5.85. The molecule has 0 aliphatic carbocycles. The molecule has 1 atom stereocenters. The lowest BCUT2D eigenvalue weighted by Gasteiger charge is -2.32. The molecule has 2 rings (SSSR count). The Balaban J connectivity index is 0.00000264. The summed E-state index contributed by atoms with van der Waals surface area (Å²) < 4.78 is 12.8. The van der Waals surface area contributed by atoms with E-state index < -0.39 is 0 Å². The normalized spacial score (nSPS) is 18.3. The van der Waals surface area contributed by atoms with E-state index in [4.69, 9.17) is 0 Å². The number of piperidine rings is 1. The number of carbonyl (C=O) groups excluding carboxylic acids is 1. The number of carbonyl (C=O) groups is 1. The van der Waals surface area contributed by atoms with Crippen molar-refractivity contribution in [3.8, 4) is 0 Å². The lowest BCUT2D eigenvalue weighted by molar-refractivity contribution is -0.122. The summed E-state index contributed by atoms with van der Waals surface area (Å²) in [5.41, 5.74) is 1.04. The van der Waals surface area contributed by atoms with E-state index in [1.807, 2.05) is 7.05 Å². The highest BCUT2D eigenvalue weighted by atomic mass is 35.5. The van der Waals surface area contributed by atoms with Gasteiger partial charge in [-0.15, -0.1) is 12.4 Å². The van der Waals surface area contributed by atoms with Gasteiger partial charge in [-0.1, -0.05) is 12.1 Å². The molecular weight excluding hydrogens is 317 g/mol. The summed E-state index contributed by atoms with van der Waals surface area (Å²) in [6.07, 6.45) is 3.13. The molecule has 0 radical (unpaired) electrons. The maximum absolute atomic E-state index is 12.8. The number of benzene rings is 1. The Bertz CT molecular complexity index is 467. The fourth-order valence-corrected chi connectivity index (χ4v) is 3.01. The van der Waals surface area contributed by atoms with Crippen LogP contribution in [0.3, 0.4) is 0 Å². The lowest BCUT2D eigenvalue weighted by Crippen LogP contribution is -2.44. The zero-order chi connectivity index (χ0) is 15.8. The van der Waals surface area contributed by atoms with Gasteiger partial charge in [-0.05, 0) is 63.0 Å². The highest BCUT2D eigenvalue weighted by Crippen LogP contribution is 2.15. The zero-order valence-corrected chi connectivity index (χ0v) is 14.5. The Morgan fingerprint density at radius 1 is 1.35 bits per heavy atom. The van der Waals surface area contributed by atoms with Gasteiger partial charge in [0.05, 0.1) is 6.54 Å². The molecule has 1 saturated heterocycles. The quantitative estimate of drug-likeness (QED) is 0.794. The maximum Gasteiger partial charge on any atom is 0.234 e. The number of nitrogens with one attached hydrogen (secondary N) is 2. The van der Waals surface area contributed by atoms with Gasteiger partial charge < -0.3 is 10.6 Å². The first-order valence-corrected chi connectivity index (χ1v) is 8.05. The van der Waals surface area contributed by atoms with Crippen LogP contribution in [0.1, 0.15) is 18.4 Å². The van der Waals surface area contributed by atoms with Crippen molar-refractivity contribution >= 4 is 18.3 Å². The smallest absolute Gasteiger partial charge is 0.234 e. The van der Waals surface area contributed by atoms with E-state index in [1.54, 1.807) is 12.1 Å². The molecule has 0 bridgehead atoms. The molecule has 1 aliphatic rings. The third-order valence-electron chi connectivity index (χ3n) is 4.11. The molecule has 1 heterocycles. The Hall–Kier alpha value is -1.17. The van der Waals surface area contributed by atoms with Crippen molar-refractivity contribution in [3.05, 3.63) is 35.6 Å². The summed E-state index contributed by atoms with van der Waals surface area (Å²) in [5.74, 6) is 0.493. The molecule has 4 nitrogen and oxygen atoms in total. The number of amides is 1. The van der Waals surface area contributed by atoms with Crippen LogP contribution >= 0.6 is 12.4 Å². The van der Waals surface area contributed by atoms with E-state index in [1.165, 1.54) is 18.6 Å². The minimum absolute atomic E-state index is 0. The lowest BCUT2D eigenvalue weighted by atomic mass is 9.98. The Morgan fingerprint density at radius 2 is 2.09 bits per heavy atom. The van der Waals surface area contributed by atoms with Crippen LogP contribution < -0.4 is 10.6 Å². The molecule has 0 spiro atoms. The molecule has 6 heteroatoms. The van der Waals surface area contributed by atoms with Gasteiger partial charge in [0.15, 0.2) is 0 Å². The molecule has 1 aliphatic heterocycles. The van der Waals surface area contributed by atoms with Crippen molar-refractivity contribution in [2.75, 3.05) is 39.8 Å². The largest absolute Gasteiger partial charge is 0.355 e. The van der Waals surface area contributed by atoms with Crippen LogP contribution in [-0.4, -0.2) is 50.6 Å². The van der Waals surface area contributed by atoms with Crippen LogP contribution in [0.2, 0.25) is 0 Å². The maximum atomic E-state index is 12.8. The fourth-order valence-electron chi connectivity index (χ4n) is 3.01. The predicted molar refractivity (Wildman–Crippen MR) is 93.5 cm³/mol. The van der Waals surface area contributed by atoms with Gasteiger partial charge in [-0.3, -0.25) is 9.69 Å². The number of rotatable bonds is 7. The van der Waals surface area contributed by atoms with Crippen LogP contribution in [-0.2, 0) is 11.2 Å². The van der Waals surface area contributed by atoms with Crippen molar-refractivity contribution < 1.29 is 9.18 Å². The molecule has 1 aromatic rings. The molecule has 23 heavy (non-hydrogen) atoms. The molecule has 0 saturated carbocycles. The molecule has 1 aromatic carbocycles. The minimum atomic E-state index is -0.228. The molecule has 1 fully saturated rings. The third-order valence-corrected chi connectivity index (χ3v) is 4.11. The summed E-state index contributed by atoms with van der Waals surface area (Å²) in [6, 6.07) is 6.42. The van der Waals surface area contributed by atoms with Gasteiger partial charge in [0.25, 0.3) is 0 Å². The third kappa shape index (κ3) is 7.29. The van der Waals surface area contributed by atoms with Gasteiger partial charge in [0, 0.05) is 13.1 Å². The fraction of sp³-hybridized carbons (Fsp3) is 0.588. The second-order valence-corrected chi connectivity index (χ2v) is 6.03. The summed E-state index contributed by atoms with van der Waals surface area (Å²) in [5, 5.41) is 6.16. The van der Waals surface area contributed by atoms with Crippen LogP contribution in [0.5, 0.6) is 0 Å². The molecule has 0 aromatic heterocycles. The van der Waals surface area contributed by atoms with Gasteiger partial charge in [0.2, 0.25) is 5.91 Å². The second kappa shape index (κ2) is 10.6. The molecular formula is C17H27ClFN3O. The van der Waals surface area contributed by atoms with Crippen LogP contribution in [0.25, 0.3) is 0 Å². The molecule has 1 unspecified atom stereocenters. The van der Waals surface area contributed by atoms with Crippen LogP contribution in [0.4, 0.5) is 4.39 Å². The number of nitrogens with zero attached hydrogens (tertiary/aromatic N) is 1. The van der Waals surface area contributed by atoms with Gasteiger partial charge in [0.1, 0.15) is 5.82 Å². The zero-order valence-electron chi connectivity index (χ0n) is 13.7. The first-order valence-electron chi connectivity index (χ1n) is 8.05. The number of likely N-dealkylation sites (tertiary alicyclic amines) is 1. The Labute approximate surface area is 144 Å². The molecule has 1 amide bonds. The number of halogens is 2. The molecule has 130 valence electrons. The van der Waals surface area contributed by atoms with Gasteiger partial charge in [-0.25, -0.2) is 4.39 Å². The standard InChI is InChI=1S/C17H26FN3O.ClH/c1-19-11-15-3-2-10-21(12-15)13-17(22)20-9-8-14-4-6-16(18)7-5-14;/h4-7,15,19H,2-3,8-13H2,1H3,(H,20,22);1H. The highest BCUT2D eigenvalue weighted by Gasteiger charge is 2.20. The summed E-state index contributed by atoms with van der Waals surface area (Å²) in [7, 11) is 1.97. The van der Waals surface area contributed by atoms with Crippen LogP contribution in [0, 0.1) is 11.7 Å². The molecule has 2 N–H and O–H groups in total. The van der Waals surface area contributed by atoms with Crippen molar-refractivity contribution in [3.63, 3.8) is 0 Å². The minimum Gasteiger partial charge on any atom is -0.355 e. The average molecular weight is 344 g/mol. The second-order valence-electron chi connectivity index (χ2n) is 6.03. The van der Waals surface area contributed by atoms with Crippen molar-refractivity contribution in [1.29, 1.82) is 0 Å². The number of hydrogen-bond donors (Lipinski definition) is 2. The first-order chi connectivity index (χ1) is 10.7. The average Bonchev–Trinajstić information content (AvgIpc) is 2.50. The first kappa shape index (κ1) is 19.9. The SMILES string of the molecule is CNCC1CCCN(CC(=O)NCCc2ccc(F)cc2)C1.Cl. The van der Waals surface area contributed by atoms with Crippen molar-refractivity contribution in [2.45, 2.75) is 19.3 Å². The van der Waals surface area contributed by atoms with Crippen molar-refractivity contribution in [2.24, 2.45) is 5.92 Å². The van der Waals surface area contributed by atoms with Gasteiger partial charge in [-0.2, -0.15) is 0 Å². The Kier molecular flexibility index (Phi) is 9.14. The van der Waals surface area contributed by atoms with Gasteiger partial charge >= 0.3 is 0 Å². The Morgan fingerprint density at radius 3 is 2.78 bits per heavy atom. The monoisotopic (exact) mass is 343 g/mol. The summed E-state index contributed by atoms with van der Waals surface area (Å²) in [4.78, 5) is 14.2. The summed E-state index contributed by atoms with van der Waals surface area (Å²) in [6.45, 7) is 4.09. The van der Waals surface area contributed by atoms with E-state index in [2.05, 4.69) is 15.5 Å². The topological polar surface area (TPSA) is 44.4 Å². The van der Waals surface area contributed by atoms with E-state index in [9.17, 15) is 9.18 Å². The predicted octanol–water partition coefficient (Wildman–Crippen LogP) is 1.84. The van der Waals surface area contributed by atoms with Crippen LogP contribution in [0.15, 0.2) is 24.3 Å². The number of hydrogen-bond acceptors (Lipinski definition) is 3. The van der Waals surface area contributed by atoms with E-state index in [0.717, 1.165) is 38.0 Å². The van der Waals surface area contributed by atoms with Crippen molar-refractivity contribution in [1.82, 2.24) is 15.5 Å². The van der Waals surface area contributed by atoms with E-state index >= 15 is 0 Å².